The van der Waals surface area contributed by atoms with Gasteiger partial charge in [-0.3, -0.25) is 14.4 Å². The standard InChI is InChI=1S/C75H132O6/c1-4-7-10-13-16-19-22-25-27-28-29-30-31-32-33-34-35-36-37-38-39-40-41-42-43-44-45-46-48-50-53-56-59-62-65-68-74(77)80-71-72(70-79-73(76)67-64-61-58-55-52-49-24-21-18-15-12-9-6-3)81-75(78)69-66-63-60-57-54-51-47-26-23-20-17-14-11-8-5-2/h8-9,11-12,17-18,20-21,26,47,49,52,58,61,72H,4-7,10,13-16,19,22-25,27-46,48,50-51,53-57,59-60,62-71H2,1-3H3/b11-8-,12-9-,20-17-,21-18-,47-26-,52-49-,61-58-. The molecule has 6 nitrogen and oxygen atoms in total. The van der Waals surface area contributed by atoms with E-state index in [1.165, 1.54) is 205 Å². The van der Waals surface area contributed by atoms with Crippen LogP contribution in [-0.4, -0.2) is 37.2 Å². The highest BCUT2D eigenvalue weighted by molar-refractivity contribution is 5.71. The molecular weight excluding hydrogens is 997 g/mol. The van der Waals surface area contributed by atoms with Crippen LogP contribution in [0.5, 0.6) is 0 Å². The van der Waals surface area contributed by atoms with Crippen LogP contribution in [0.15, 0.2) is 85.1 Å². The maximum Gasteiger partial charge on any atom is 0.306 e. The van der Waals surface area contributed by atoms with Crippen molar-refractivity contribution in [1.82, 2.24) is 0 Å². The zero-order chi connectivity index (χ0) is 58.5. The maximum absolute atomic E-state index is 12.9. The summed E-state index contributed by atoms with van der Waals surface area (Å²) in [7, 11) is 0. The summed E-state index contributed by atoms with van der Waals surface area (Å²) in [5.74, 6) is -0.994. The minimum absolute atomic E-state index is 0.104. The van der Waals surface area contributed by atoms with E-state index < -0.39 is 6.10 Å². The van der Waals surface area contributed by atoms with Crippen LogP contribution in [0.4, 0.5) is 0 Å². The molecule has 0 N–H and O–H groups in total. The summed E-state index contributed by atoms with van der Waals surface area (Å²) in [5.41, 5.74) is 0. The summed E-state index contributed by atoms with van der Waals surface area (Å²) in [6, 6.07) is 0. The van der Waals surface area contributed by atoms with Gasteiger partial charge in [0.25, 0.3) is 0 Å². The Balaban J connectivity index is 4.09. The Morgan fingerprint density at radius 3 is 0.827 bits per heavy atom. The summed E-state index contributed by atoms with van der Waals surface area (Å²) in [5, 5.41) is 0. The van der Waals surface area contributed by atoms with Gasteiger partial charge in [-0.2, -0.15) is 0 Å². The van der Waals surface area contributed by atoms with Gasteiger partial charge in [0.15, 0.2) is 6.10 Å². The number of hydrogen-bond acceptors (Lipinski definition) is 6. The SMILES string of the molecule is CC/C=C\C/C=C\C/C=C\C/C=C\CCC(=O)OCC(COC(=O)CCCCCCCCCCCCCCCCCCCCCCCCCCCCCCCCCCCCC)OC(=O)CCCCCCC/C=C\C/C=C\C/C=C\CC. The van der Waals surface area contributed by atoms with E-state index in [0.29, 0.717) is 19.3 Å². The topological polar surface area (TPSA) is 78.9 Å². The third-order valence-electron chi connectivity index (χ3n) is 15.4. The predicted molar refractivity (Wildman–Crippen MR) is 353 cm³/mol. The predicted octanol–water partition coefficient (Wildman–Crippen LogP) is 24.2. The van der Waals surface area contributed by atoms with Gasteiger partial charge in [-0.1, -0.05) is 343 Å². The summed E-state index contributed by atoms with van der Waals surface area (Å²) < 4.78 is 16.8. The summed E-state index contributed by atoms with van der Waals surface area (Å²) in [6.45, 7) is 6.37. The molecule has 0 aromatic rings. The molecule has 0 aromatic carbocycles. The summed E-state index contributed by atoms with van der Waals surface area (Å²) in [4.78, 5) is 38.2. The number of carbonyl (C=O) groups is 3. The van der Waals surface area contributed by atoms with E-state index in [9.17, 15) is 14.4 Å². The van der Waals surface area contributed by atoms with Crippen molar-refractivity contribution in [3.63, 3.8) is 0 Å². The van der Waals surface area contributed by atoms with Crippen molar-refractivity contribution >= 4 is 17.9 Å². The number of rotatable bonds is 64. The number of unbranched alkanes of at least 4 members (excludes halogenated alkanes) is 39. The van der Waals surface area contributed by atoms with Crippen LogP contribution < -0.4 is 0 Å². The van der Waals surface area contributed by atoms with E-state index in [1.807, 2.05) is 6.08 Å². The smallest absolute Gasteiger partial charge is 0.306 e. The van der Waals surface area contributed by atoms with Crippen LogP contribution in [-0.2, 0) is 28.6 Å². The molecule has 0 aromatic heterocycles. The average molecular weight is 1130 g/mol. The fourth-order valence-corrected chi connectivity index (χ4v) is 10.2. The molecule has 0 saturated carbocycles. The molecule has 0 bridgehead atoms. The van der Waals surface area contributed by atoms with Crippen LogP contribution in [0.25, 0.3) is 0 Å². The summed E-state index contributed by atoms with van der Waals surface area (Å²) >= 11 is 0. The van der Waals surface area contributed by atoms with Crippen LogP contribution >= 0.6 is 0 Å². The zero-order valence-corrected chi connectivity index (χ0v) is 53.8. The molecule has 0 fully saturated rings. The van der Waals surface area contributed by atoms with E-state index in [2.05, 4.69) is 99.8 Å². The van der Waals surface area contributed by atoms with E-state index in [-0.39, 0.29) is 37.5 Å². The molecule has 0 rings (SSSR count). The Hall–Kier alpha value is -3.41. The van der Waals surface area contributed by atoms with Crippen molar-refractivity contribution in [2.75, 3.05) is 13.2 Å². The molecule has 81 heavy (non-hydrogen) atoms. The molecule has 0 aliphatic rings. The van der Waals surface area contributed by atoms with Crippen molar-refractivity contribution in [2.24, 2.45) is 0 Å². The molecule has 6 heteroatoms. The van der Waals surface area contributed by atoms with E-state index in [4.69, 9.17) is 14.2 Å². The van der Waals surface area contributed by atoms with Crippen molar-refractivity contribution in [3.05, 3.63) is 85.1 Å². The second-order valence-corrected chi connectivity index (χ2v) is 23.4. The van der Waals surface area contributed by atoms with E-state index >= 15 is 0 Å². The highest BCUT2D eigenvalue weighted by atomic mass is 16.6. The molecule has 1 atom stereocenters. The molecule has 0 radical (unpaired) electrons. The second kappa shape index (κ2) is 69.1. The fourth-order valence-electron chi connectivity index (χ4n) is 10.2. The van der Waals surface area contributed by atoms with Gasteiger partial charge < -0.3 is 14.2 Å². The molecule has 0 amide bonds. The Morgan fingerprint density at radius 2 is 0.506 bits per heavy atom. The van der Waals surface area contributed by atoms with Gasteiger partial charge in [-0.25, -0.2) is 0 Å². The minimum Gasteiger partial charge on any atom is -0.462 e. The first-order valence-electron chi connectivity index (χ1n) is 35.1. The Bertz CT molecular complexity index is 1530. The van der Waals surface area contributed by atoms with Crippen LogP contribution in [0.3, 0.4) is 0 Å². The van der Waals surface area contributed by atoms with Gasteiger partial charge >= 0.3 is 17.9 Å². The lowest BCUT2D eigenvalue weighted by Gasteiger charge is -2.18. The van der Waals surface area contributed by atoms with Gasteiger partial charge in [0, 0.05) is 19.3 Å². The summed E-state index contributed by atoms with van der Waals surface area (Å²) in [6.07, 6.45) is 92.4. The lowest BCUT2D eigenvalue weighted by atomic mass is 10.0. The van der Waals surface area contributed by atoms with Gasteiger partial charge in [-0.05, 0) is 77.0 Å². The normalized spacial score (nSPS) is 12.6. The molecule has 0 spiro atoms. The van der Waals surface area contributed by atoms with Gasteiger partial charge in [0.1, 0.15) is 13.2 Å². The van der Waals surface area contributed by atoms with Crippen molar-refractivity contribution in [2.45, 2.75) is 361 Å². The van der Waals surface area contributed by atoms with Gasteiger partial charge in [0.2, 0.25) is 0 Å². The number of esters is 3. The number of allylic oxidation sites excluding steroid dienone is 14. The molecule has 0 saturated heterocycles. The van der Waals surface area contributed by atoms with Crippen molar-refractivity contribution in [3.8, 4) is 0 Å². The highest BCUT2D eigenvalue weighted by Gasteiger charge is 2.19. The monoisotopic (exact) mass is 1130 g/mol. The third-order valence-corrected chi connectivity index (χ3v) is 15.4. The molecule has 468 valence electrons. The first kappa shape index (κ1) is 77.6. The van der Waals surface area contributed by atoms with Crippen LogP contribution in [0.2, 0.25) is 0 Å². The van der Waals surface area contributed by atoms with Crippen LogP contribution in [0, 0.1) is 0 Å². The van der Waals surface area contributed by atoms with Gasteiger partial charge in [-0.15, -0.1) is 0 Å². The molecule has 1 unspecified atom stereocenters. The van der Waals surface area contributed by atoms with Gasteiger partial charge in [0.05, 0.1) is 0 Å². The average Bonchev–Trinajstić information content (AvgIpc) is 3.46. The Labute approximate surface area is 503 Å². The minimum atomic E-state index is -0.815. The van der Waals surface area contributed by atoms with E-state index in [0.717, 1.165) is 103 Å². The number of ether oxygens (including phenoxy) is 3. The second-order valence-electron chi connectivity index (χ2n) is 23.4. The first-order chi connectivity index (χ1) is 40.0. The molecule has 0 aliphatic carbocycles. The zero-order valence-electron chi connectivity index (χ0n) is 53.8. The molecule has 0 aliphatic heterocycles. The number of hydrogen-bond donors (Lipinski definition) is 0. The Morgan fingerprint density at radius 1 is 0.259 bits per heavy atom. The largest absolute Gasteiger partial charge is 0.462 e. The fraction of sp³-hybridized carbons (Fsp3) is 0.773. The maximum atomic E-state index is 12.9. The quantitative estimate of drug-likeness (QED) is 0.0261. The molecular formula is C75H132O6. The third kappa shape index (κ3) is 67.3. The Kier molecular flexibility index (Phi) is 66.2. The van der Waals surface area contributed by atoms with Crippen molar-refractivity contribution in [1.29, 1.82) is 0 Å². The van der Waals surface area contributed by atoms with E-state index in [1.54, 1.807) is 0 Å². The van der Waals surface area contributed by atoms with Crippen LogP contribution in [0.1, 0.15) is 355 Å². The lowest BCUT2D eigenvalue weighted by molar-refractivity contribution is -0.166. The first-order valence-corrected chi connectivity index (χ1v) is 35.1. The number of carbonyl (C=O) groups excluding carboxylic acids is 3. The van der Waals surface area contributed by atoms with Crippen molar-refractivity contribution < 1.29 is 28.6 Å². The molecule has 0 heterocycles. The highest BCUT2D eigenvalue weighted by Crippen LogP contribution is 2.18. The lowest BCUT2D eigenvalue weighted by Crippen LogP contribution is -2.30.